The van der Waals surface area contributed by atoms with Crippen LogP contribution in [0.15, 0.2) is 0 Å². The summed E-state index contributed by atoms with van der Waals surface area (Å²) in [6, 6.07) is 0. The first-order chi connectivity index (χ1) is 8.09. The van der Waals surface area contributed by atoms with Crippen molar-refractivity contribution in [1.29, 1.82) is 0 Å². The molecule has 98 valence electrons. The number of carbonyl (C=O) groups is 1. The van der Waals surface area contributed by atoms with Crippen LogP contribution in [-0.2, 0) is 4.79 Å². The lowest BCUT2D eigenvalue weighted by molar-refractivity contribution is -0.136. The fraction of sp³-hybridized carbons (Fsp3) is 0.929. The lowest BCUT2D eigenvalue weighted by atomic mass is 9.97. The molecule has 0 radical (unpaired) electrons. The second-order valence-electron chi connectivity index (χ2n) is 6.03. The number of amides is 1. The van der Waals surface area contributed by atoms with E-state index in [0.29, 0.717) is 6.42 Å². The molecule has 1 amide bonds. The fourth-order valence-corrected chi connectivity index (χ4v) is 3.12. The van der Waals surface area contributed by atoms with E-state index in [1.165, 1.54) is 6.42 Å². The molecule has 1 saturated carbocycles. The van der Waals surface area contributed by atoms with Crippen LogP contribution in [0.25, 0.3) is 0 Å². The Morgan fingerprint density at radius 1 is 1.24 bits per heavy atom. The van der Waals surface area contributed by atoms with Crippen LogP contribution < -0.4 is 0 Å². The molecular formula is C14H25NO2. The van der Waals surface area contributed by atoms with Crippen molar-refractivity contribution in [3.8, 4) is 0 Å². The molecule has 0 spiro atoms. The maximum atomic E-state index is 12.2. The van der Waals surface area contributed by atoms with Crippen LogP contribution in [-0.4, -0.2) is 34.6 Å². The van der Waals surface area contributed by atoms with Gasteiger partial charge in [-0.15, -0.1) is 0 Å². The van der Waals surface area contributed by atoms with Crippen molar-refractivity contribution < 1.29 is 9.90 Å². The summed E-state index contributed by atoms with van der Waals surface area (Å²) in [4.78, 5) is 14.2. The minimum atomic E-state index is -0.686. The maximum Gasteiger partial charge on any atom is 0.225 e. The molecule has 0 aromatic rings. The zero-order valence-corrected chi connectivity index (χ0v) is 11.0. The van der Waals surface area contributed by atoms with Crippen molar-refractivity contribution in [3.63, 3.8) is 0 Å². The average molecular weight is 239 g/mol. The predicted molar refractivity (Wildman–Crippen MR) is 67.6 cm³/mol. The minimum Gasteiger partial charge on any atom is -0.389 e. The Kier molecular flexibility index (Phi) is 4.08. The smallest absolute Gasteiger partial charge is 0.225 e. The van der Waals surface area contributed by atoms with E-state index in [9.17, 15) is 9.90 Å². The summed E-state index contributed by atoms with van der Waals surface area (Å²) in [5.41, 5.74) is -0.686. The van der Waals surface area contributed by atoms with E-state index < -0.39 is 5.60 Å². The van der Waals surface area contributed by atoms with E-state index in [0.717, 1.165) is 57.5 Å². The van der Waals surface area contributed by atoms with E-state index in [1.807, 2.05) is 4.90 Å². The molecule has 1 aliphatic heterocycles. The molecule has 3 heteroatoms. The van der Waals surface area contributed by atoms with E-state index in [1.54, 1.807) is 0 Å². The third-order valence-electron chi connectivity index (χ3n) is 4.38. The minimum absolute atomic E-state index is 0.170. The van der Waals surface area contributed by atoms with Crippen molar-refractivity contribution in [2.24, 2.45) is 5.92 Å². The highest BCUT2D eigenvalue weighted by Crippen LogP contribution is 2.33. The second-order valence-corrected chi connectivity index (χ2v) is 6.03. The fourth-order valence-electron chi connectivity index (χ4n) is 3.12. The third-order valence-corrected chi connectivity index (χ3v) is 4.38. The molecule has 1 atom stereocenters. The quantitative estimate of drug-likeness (QED) is 0.803. The monoisotopic (exact) mass is 239 g/mol. The highest BCUT2D eigenvalue weighted by Gasteiger charge is 2.35. The molecule has 17 heavy (non-hydrogen) atoms. The molecule has 1 aliphatic carbocycles. The summed E-state index contributed by atoms with van der Waals surface area (Å²) >= 11 is 0. The topological polar surface area (TPSA) is 40.5 Å². The number of nitrogens with zero attached hydrogens (tertiary/aromatic N) is 1. The SMILES string of the molecule is CC1CCCN(C(=O)CC2(O)CCCC2)CC1. The van der Waals surface area contributed by atoms with Crippen molar-refractivity contribution in [1.82, 2.24) is 4.90 Å². The Morgan fingerprint density at radius 2 is 1.94 bits per heavy atom. The van der Waals surface area contributed by atoms with Gasteiger partial charge in [-0.3, -0.25) is 4.79 Å². The zero-order chi connectivity index (χ0) is 12.3. The summed E-state index contributed by atoms with van der Waals surface area (Å²) in [7, 11) is 0. The van der Waals surface area contributed by atoms with Gasteiger partial charge >= 0.3 is 0 Å². The summed E-state index contributed by atoms with van der Waals surface area (Å²) in [5, 5.41) is 10.3. The molecule has 2 fully saturated rings. The molecule has 0 aromatic carbocycles. The number of rotatable bonds is 2. The van der Waals surface area contributed by atoms with Crippen LogP contribution in [0.1, 0.15) is 58.3 Å². The average Bonchev–Trinajstić information content (AvgIpc) is 2.57. The van der Waals surface area contributed by atoms with Gasteiger partial charge in [-0.1, -0.05) is 19.8 Å². The van der Waals surface area contributed by atoms with Gasteiger partial charge in [-0.25, -0.2) is 0 Å². The van der Waals surface area contributed by atoms with Crippen molar-refractivity contribution >= 4 is 5.91 Å². The van der Waals surface area contributed by atoms with Crippen LogP contribution >= 0.6 is 0 Å². The Morgan fingerprint density at radius 3 is 2.65 bits per heavy atom. The van der Waals surface area contributed by atoms with Crippen molar-refractivity contribution in [2.45, 2.75) is 63.9 Å². The van der Waals surface area contributed by atoms with Crippen molar-refractivity contribution in [3.05, 3.63) is 0 Å². The summed E-state index contributed by atoms with van der Waals surface area (Å²) in [6.07, 6.45) is 7.57. The van der Waals surface area contributed by atoms with Gasteiger partial charge in [0.05, 0.1) is 12.0 Å². The zero-order valence-electron chi connectivity index (χ0n) is 11.0. The number of hydrogen-bond acceptors (Lipinski definition) is 2. The molecule has 2 aliphatic rings. The van der Waals surface area contributed by atoms with E-state index >= 15 is 0 Å². The van der Waals surface area contributed by atoms with Crippen LogP contribution in [0.4, 0.5) is 0 Å². The molecule has 1 heterocycles. The van der Waals surface area contributed by atoms with Gasteiger partial charge < -0.3 is 10.0 Å². The van der Waals surface area contributed by atoms with Crippen LogP contribution in [0.3, 0.4) is 0 Å². The molecule has 2 rings (SSSR count). The number of aliphatic hydroxyl groups is 1. The van der Waals surface area contributed by atoms with Gasteiger partial charge in [0.25, 0.3) is 0 Å². The highest BCUT2D eigenvalue weighted by atomic mass is 16.3. The van der Waals surface area contributed by atoms with Gasteiger partial charge in [-0.05, 0) is 38.0 Å². The molecule has 1 N–H and O–H groups in total. The Balaban J connectivity index is 1.86. The molecule has 0 aromatic heterocycles. The molecular weight excluding hydrogens is 214 g/mol. The first kappa shape index (κ1) is 12.9. The van der Waals surface area contributed by atoms with Crippen molar-refractivity contribution in [2.75, 3.05) is 13.1 Å². The van der Waals surface area contributed by atoms with Gasteiger partial charge in [0.2, 0.25) is 5.91 Å². The van der Waals surface area contributed by atoms with E-state index in [2.05, 4.69) is 6.92 Å². The third kappa shape index (κ3) is 3.44. The molecule has 1 unspecified atom stereocenters. The van der Waals surface area contributed by atoms with Gasteiger partial charge in [-0.2, -0.15) is 0 Å². The maximum absolute atomic E-state index is 12.2. The number of carbonyl (C=O) groups excluding carboxylic acids is 1. The number of likely N-dealkylation sites (tertiary alicyclic amines) is 1. The normalized spacial score (nSPS) is 29.1. The molecule has 0 bridgehead atoms. The summed E-state index contributed by atoms with van der Waals surface area (Å²) in [5.74, 6) is 0.908. The second kappa shape index (κ2) is 5.38. The number of hydrogen-bond donors (Lipinski definition) is 1. The molecule has 3 nitrogen and oxygen atoms in total. The Hall–Kier alpha value is -0.570. The Labute approximate surface area is 104 Å². The predicted octanol–water partition coefficient (Wildman–Crippen LogP) is 2.33. The van der Waals surface area contributed by atoms with Crippen LogP contribution in [0, 0.1) is 5.92 Å². The lowest BCUT2D eigenvalue weighted by Crippen LogP contribution is -2.38. The standard InChI is InChI=1S/C14H25NO2/c1-12-5-4-9-15(10-6-12)13(16)11-14(17)7-2-3-8-14/h12,17H,2-11H2,1H3. The Bertz CT molecular complexity index is 271. The van der Waals surface area contributed by atoms with Crippen LogP contribution in [0.2, 0.25) is 0 Å². The highest BCUT2D eigenvalue weighted by molar-refractivity contribution is 5.77. The van der Waals surface area contributed by atoms with Crippen LogP contribution in [0.5, 0.6) is 0 Å². The largest absolute Gasteiger partial charge is 0.389 e. The van der Waals surface area contributed by atoms with Gasteiger partial charge in [0.1, 0.15) is 0 Å². The van der Waals surface area contributed by atoms with E-state index in [-0.39, 0.29) is 5.91 Å². The van der Waals surface area contributed by atoms with Gasteiger partial charge in [0.15, 0.2) is 0 Å². The first-order valence-electron chi connectivity index (χ1n) is 7.09. The first-order valence-corrected chi connectivity index (χ1v) is 7.09. The van der Waals surface area contributed by atoms with Gasteiger partial charge in [0, 0.05) is 13.1 Å². The molecule has 1 saturated heterocycles. The summed E-state index contributed by atoms with van der Waals surface area (Å²) in [6.45, 7) is 4.04. The van der Waals surface area contributed by atoms with E-state index in [4.69, 9.17) is 0 Å². The summed E-state index contributed by atoms with van der Waals surface area (Å²) < 4.78 is 0. The lowest BCUT2D eigenvalue weighted by Gasteiger charge is -2.27.